The van der Waals surface area contributed by atoms with Crippen molar-refractivity contribution >= 4 is 22.9 Å². The Hall–Kier alpha value is -3.38. The number of hydrogen-bond acceptors (Lipinski definition) is 7. The number of nitrogens with one attached hydrogen (secondary N) is 2. The van der Waals surface area contributed by atoms with E-state index in [0.29, 0.717) is 37.1 Å². The molecular weight excluding hydrogens is 407 g/mol. The van der Waals surface area contributed by atoms with E-state index in [-0.39, 0.29) is 23.5 Å². The maximum atomic E-state index is 13.1. The highest BCUT2D eigenvalue weighted by Crippen LogP contribution is 2.38. The number of aryl methyl sites for hydroxylation is 1. The summed E-state index contributed by atoms with van der Waals surface area (Å²) in [5, 5.41) is 18.3. The Labute approximate surface area is 168 Å². The van der Waals surface area contributed by atoms with Crippen LogP contribution >= 0.6 is 0 Å². The van der Waals surface area contributed by atoms with Gasteiger partial charge in [-0.15, -0.1) is 0 Å². The first-order valence-corrected chi connectivity index (χ1v) is 9.18. The van der Waals surface area contributed by atoms with Crippen molar-refractivity contribution in [2.75, 3.05) is 25.5 Å². The summed E-state index contributed by atoms with van der Waals surface area (Å²) in [4.78, 5) is 13.4. The molecule has 0 aliphatic carbocycles. The lowest BCUT2D eigenvalue weighted by atomic mass is 10.0. The maximum Gasteiger partial charge on any atom is 0.437 e. The monoisotopic (exact) mass is 427 g/mol. The Morgan fingerprint density at radius 2 is 2.17 bits per heavy atom. The summed E-state index contributed by atoms with van der Waals surface area (Å²) in [6, 6.07) is 2.39. The first kappa shape index (κ1) is 21.3. The van der Waals surface area contributed by atoms with Crippen LogP contribution < -0.4 is 10.1 Å². The molecule has 0 saturated heterocycles. The normalized spacial score (nSPS) is 11.6. The summed E-state index contributed by atoms with van der Waals surface area (Å²) < 4.78 is 50.0. The fourth-order valence-corrected chi connectivity index (χ4v) is 2.86. The number of fused-ring (bicyclic) bond motifs is 1. The second kappa shape index (κ2) is 8.97. The number of urea groups is 1. The van der Waals surface area contributed by atoms with Crippen LogP contribution in [0.1, 0.15) is 31.0 Å². The molecule has 10 nitrogen and oxygen atoms in total. The van der Waals surface area contributed by atoms with Crippen molar-refractivity contribution in [2.45, 2.75) is 32.4 Å². The zero-order valence-corrected chi connectivity index (χ0v) is 16.3. The molecule has 2 N–H and O–H groups in total. The van der Waals surface area contributed by atoms with E-state index >= 15 is 0 Å². The van der Waals surface area contributed by atoms with Gasteiger partial charge in [-0.3, -0.25) is 5.32 Å². The van der Waals surface area contributed by atoms with Crippen molar-refractivity contribution in [3.8, 4) is 5.75 Å². The molecule has 0 aliphatic heterocycles. The van der Waals surface area contributed by atoms with Crippen LogP contribution in [0.2, 0.25) is 0 Å². The van der Waals surface area contributed by atoms with E-state index in [4.69, 9.17) is 9.26 Å². The van der Waals surface area contributed by atoms with Crippen LogP contribution in [0.15, 0.2) is 16.7 Å². The predicted octanol–water partition coefficient (Wildman–Crippen LogP) is 3.25. The Morgan fingerprint density at radius 1 is 1.37 bits per heavy atom. The SMILES string of the molecule is CCCc1c(OCCCN(C)C(=O)Nc2nnn[nH]2)ccc2c(C(F)(F)F)noc12. The number of carbonyl (C=O) groups is 1. The van der Waals surface area contributed by atoms with Crippen molar-refractivity contribution in [1.82, 2.24) is 30.7 Å². The molecule has 2 aromatic heterocycles. The minimum Gasteiger partial charge on any atom is -0.493 e. The van der Waals surface area contributed by atoms with E-state index < -0.39 is 17.9 Å². The third kappa shape index (κ3) is 4.78. The van der Waals surface area contributed by atoms with Gasteiger partial charge in [0.2, 0.25) is 5.95 Å². The summed E-state index contributed by atoms with van der Waals surface area (Å²) in [5.74, 6) is 0.569. The molecule has 0 atom stereocenters. The third-order valence-electron chi connectivity index (χ3n) is 4.28. The van der Waals surface area contributed by atoms with E-state index in [9.17, 15) is 18.0 Å². The smallest absolute Gasteiger partial charge is 0.437 e. The van der Waals surface area contributed by atoms with Gasteiger partial charge < -0.3 is 14.2 Å². The number of halogens is 3. The first-order chi connectivity index (χ1) is 14.3. The molecule has 0 bridgehead atoms. The molecule has 2 heterocycles. The summed E-state index contributed by atoms with van der Waals surface area (Å²) in [7, 11) is 1.60. The van der Waals surface area contributed by atoms with Gasteiger partial charge in [0, 0.05) is 19.2 Å². The highest BCUT2D eigenvalue weighted by atomic mass is 19.4. The molecule has 30 heavy (non-hydrogen) atoms. The van der Waals surface area contributed by atoms with E-state index in [2.05, 4.69) is 31.1 Å². The number of tetrazole rings is 1. The number of benzene rings is 1. The van der Waals surface area contributed by atoms with Crippen LogP contribution in [0.25, 0.3) is 11.0 Å². The van der Waals surface area contributed by atoms with Gasteiger partial charge in [-0.1, -0.05) is 23.6 Å². The van der Waals surface area contributed by atoms with Gasteiger partial charge in [-0.25, -0.2) is 9.89 Å². The lowest BCUT2D eigenvalue weighted by Crippen LogP contribution is -2.33. The molecule has 0 unspecified atom stereocenters. The van der Waals surface area contributed by atoms with Crippen LogP contribution in [-0.4, -0.2) is 56.9 Å². The standard InChI is InChI=1S/C17H20F3N7O3/c1-3-5-10-12(7-6-11-13(10)30-24-14(11)17(18,19)20)29-9-4-8-27(2)16(28)21-15-22-25-26-23-15/h6-7H,3-5,8-9H2,1-2H3,(H2,21,22,23,25,26,28). The fraction of sp³-hybridized carbons (Fsp3) is 0.471. The maximum absolute atomic E-state index is 13.1. The van der Waals surface area contributed by atoms with Crippen LogP contribution in [0.5, 0.6) is 5.75 Å². The number of amides is 2. The number of aromatic nitrogens is 5. The molecule has 2 amide bonds. The van der Waals surface area contributed by atoms with Crippen molar-refractivity contribution in [1.29, 1.82) is 0 Å². The molecular formula is C17H20F3N7O3. The topological polar surface area (TPSA) is 122 Å². The number of rotatable bonds is 8. The van der Waals surface area contributed by atoms with Crippen molar-refractivity contribution in [3.05, 3.63) is 23.4 Å². The van der Waals surface area contributed by atoms with Crippen LogP contribution in [0.4, 0.5) is 23.9 Å². The number of ether oxygens (including phenoxy) is 1. The second-order valence-corrected chi connectivity index (χ2v) is 6.50. The molecule has 162 valence electrons. The lowest BCUT2D eigenvalue weighted by molar-refractivity contribution is -0.141. The molecule has 0 saturated carbocycles. The minimum absolute atomic E-state index is 0.0823. The van der Waals surface area contributed by atoms with E-state index in [1.807, 2.05) is 6.92 Å². The van der Waals surface area contributed by atoms with Gasteiger partial charge in [0.15, 0.2) is 11.3 Å². The van der Waals surface area contributed by atoms with Crippen molar-refractivity contribution < 1.29 is 27.2 Å². The molecule has 3 aromatic rings. The lowest BCUT2D eigenvalue weighted by Gasteiger charge is -2.17. The van der Waals surface area contributed by atoms with Gasteiger partial charge in [0.1, 0.15) is 5.75 Å². The van der Waals surface area contributed by atoms with Crippen LogP contribution in [0, 0.1) is 0 Å². The first-order valence-electron chi connectivity index (χ1n) is 9.18. The summed E-state index contributed by atoms with van der Waals surface area (Å²) >= 11 is 0. The summed E-state index contributed by atoms with van der Waals surface area (Å²) in [6.45, 7) is 2.53. The van der Waals surface area contributed by atoms with Gasteiger partial charge in [0.25, 0.3) is 0 Å². The van der Waals surface area contributed by atoms with Crippen LogP contribution in [0.3, 0.4) is 0 Å². The molecule has 3 rings (SSSR count). The zero-order chi connectivity index (χ0) is 21.7. The van der Waals surface area contributed by atoms with Crippen LogP contribution in [-0.2, 0) is 12.6 Å². The Kier molecular flexibility index (Phi) is 6.37. The number of anilines is 1. The van der Waals surface area contributed by atoms with E-state index in [1.54, 1.807) is 7.05 Å². The highest BCUT2D eigenvalue weighted by molar-refractivity contribution is 5.87. The number of alkyl halides is 3. The average Bonchev–Trinajstić information content (AvgIpc) is 3.35. The molecule has 0 fully saturated rings. The quantitative estimate of drug-likeness (QED) is 0.529. The van der Waals surface area contributed by atoms with E-state index in [1.165, 1.54) is 17.0 Å². The molecule has 0 spiro atoms. The Balaban J connectivity index is 1.61. The van der Waals surface area contributed by atoms with E-state index in [0.717, 1.165) is 0 Å². The highest BCUT2D eigenvalue weighted by Gasteiger charge is 2.37. The number of H-pyrrole nitrogens is 1. The number of hydrogen-bond donors (Lipinski definition) is 2. The number of nitrogens with zero attached hydrogens (tertiary/aromatic N) is 5. The van der Waals surface area contributed by atoms with Gasteiger partial charge in [-0.05, 0) is 35.4 Å². The molecule has 1 aromatic carbocycles. The van der Waals surface area contributed by atoms with Gasteiger partial charge >= 0.3 is 12.2 Å². The van der Waals surface area contributed by atoms with Crippen molar-refractivity contribution in [2.24, 2.45) is 0 Å². The third-order valence-corrected chi connectivity index (χ3v) is 4.28. The molecule has 0 aliphatic rings. The summed E-state index contributed by atoms with van der Waals surface area (Å²) in [6.07, 6.45) is -2.93. The fourth-order valence-electron chi connectivity index (χ4n) is 2.86. The Morgan fingerprint density at radius 3 is 2.83 bits per heavy atom. The van der Waals surface area contributed by atoms with Gasteiger partial charge in [0.05, 0.1) is 12.0 Å². The second-order valence-electron chi connectivity index (χ2n) is 6.50. The largest absolute Gasteiger partial charge is 0.493 e. The van der Waals surface area contributed by atoms with Crippen molar-refractivity contribution in [3.63, 3.8) is 0 Å². The molecule has 0 radical (unpaired) electrons. The Bertz CT molecular complexity index is 989. The number of carbonyl (C=O) groups excluding carboxylic acids is 1. The molecule has 13 heteroatoms. The van der Waals surface area contributed by atoms with Gasteiger partial charge in [-0.2, -0.15) is 13.2 Å². The summed E-state index contributed by atoms with van der Waals surface area (Å²) in [5.41, 5.74) is -0.420. The zero-order valence-electron chi connectivity index (χ0n) is 16.3. The predicted molar refractivity (Wildman–Crippen MR) is 98.9 cm³/mol. The number of aromatic amines is 1. The minimum atomic E-state index is -4.59. The average molecular weight is 427 g/mol.